The van der Waals surface area contributed by atoms with Gasteiger partial charge in [-0.05, 0) is 12.0 Å². The van der Waals surface area contributed by atoms with Crippen LogP contribution in [-0.2, 0) is 20.7 Å². The summed E-state index contributed by atoms with van der Waals surface area (Å²) in [6.07, 6.45) is 0.814. The summed E-state index contributed by atoms with van der Waals surface area (Å²) in [6, 6.07) is 9.30. The Bertz CT molecular complexity index is 313. The van der Waals surface area contributed by atoms with Crippen molar-refractivity contribution in [1.82, 2.24) is 0 Å². The summed E-state index contributed by atoms with van der Waals surface area (Å²) in [5, 5.41) is 0. The average Bonchev–Trinajstić information content (AvgIpc) is 2.34. The number of hydrogen-bond acceptors (Lipinski definition) is 4. The van der Waals surface area contributed by atoms with E-state index in [2.05, 4.69) is 4.74 Å². The van der Waals surface area contributed by atoms with Crippen molar-refractivity contribution >= 4 is 5.97 Å². The highest BCUT2D eigenvalue weighted by Crippen LogP contribution is 1.99. The minimum absolute atomic E-state index is 0.194. The van der Waals surface area contributed by atoms with Crippen molar-refractivity contribution in [1.29, 1.82) is 0 Å². The summed E-state index contributed by atoms with van der Waals surface area (Å²) >= 11 is 0. The number of carbonyl (C=O) groups is 1. The van der Waals surface area contributed by atoms with Gasteiger partial charge < -0.3 is 15.2 Å². The molecular weight excluding hydrogens is 206 g/mol. The Kier molecular flexibility index (Phi) is 5.53. The molecule has 0 saturated heterocycles. The van der Waals surface area contributed by atoms with Crippen LogP contribution in [0.2, 0.25) is 0 Å². The smallest absolute Gasteiger partial charge is 0.325 e. The first-order valence-electron chi connectivity index (χ1n) is 5.19. The fourth-order valence-corrected chi connectivity index (χ4v) is 1.26. The Labute approximate surface area is 95.3 Å². The van der Waals surface area contributed by atoms with Crippen molar-refractivity contribution in [2.45, 2.75) is 12.5 Å². The second kappa shape index (κ2) is 6.98. The highest BCUT2D eigenvalue weighted by atomic mass is 16.5. The van der Waals surface area contributed by atoms with E-state index in [1.165, 1.54) is 12.7 Å². The Hall–Kier alpha value is -1.39. The predicted octanol–water partition coefficient (Wildman–Crippen LogP) is 0.746. The summed E-state index contributed by atoms with van der Waals surface area (Å²) < 4.78 is 9.78. The van der Waals surface area contributed by atoms with Crippen molar-refractivity contribution in [3.05, 3.63) is 35.9 Å². The zero-order chi connectivity index (χ0) is 11.8. The number of carbonyl (C=O) groups excluding carboxylic acids is 1. The lowest BCUT2D eigenvalue weighted by atomic mass is 10.2. The minimum atomic E-state index is -0.694. The molecule has 1 aromatic rings. The van der Waals surface area contributed by atoms with E-state index in [1.54, 1.807) is 0 Å². The normalized spacial score (nSPS) is 12.1. The molecule has 0 aromatic heterocycles. The third-order valence-corrected chi connectivity index (χ3v) is 2.18. The van der Waals surface area contributed by atoms with Crippen LogP contribution >= 0.6 is 0 Å². The van der Waals surface area contributed by atoms with Crippen LogP contribution in [0, 0.1) is 0 Å². The van der Waals surface area contributed by atoms with Crippen LogP contribution in [0.3, 0.4) is 0 Å². The molecule has 0 fully saturated rings. The molecule has 4 heteroatoms. The Morgan fingerprint density at radius 1 is 1.38 bits per heavy atom. The van der Waals surface area contributed by atoms with Gasteiger partial charge >= 0.3 is 5.97 Å². The number of nitrogens with two attached hydrogens (primary N) is 1. The maximum Gasteiger partial charge on any atom is 0.325 e. The highest BCUT2D eigenvalue weighted by molar-refractivity contribution is 5.75. The molecule has 0 heterocycles. The van der Waals surface area contributed by atoms with E-state index in [9.17, 15) is 4.79 Å². The number of rotatable bonds is 6. The molecule has 0 aliphatic carbocycles. The molecule has 0 radical (unpaired) electrons. The quantitative estimate of drug-likeness (QED) is 0.571. The van der Waals surface area contributed by atoms with Crippen LogP contribution < -0.4 is 5.73 Å². The maximum absolute atomic E-state index is 10.9. The Morgan fingerprint density at radius 3 is 2.69 bits per heavy atom. The molecule has 88 valence electrons. The van der Waals surface area contributed by atoms with Gasteiger partial charge in [-0.3, -0.25) is 4.79 Å². The van der Waals surface area contributed by atoms with Gasteiger partial charge in [0.05, 0.1) is 20.3 Å². The Morgan fingerprint density at radius 2 is 2.06 bits per heavy atom. The molecule has 1 atom stereocenters. The average molecular weight is 223 g/mol. The van der Waals surface area contributed by atoms with Crippen molar-refractivity contribution < 1.29 is 14.3 Å². The third kappa shape index (κ3) is 4.42. The first-order chi connectivity index (χ1) is 7.74. The number of hydrogen-bond donors (Lipinski definition) is 1. The summed E-state index contributed by atoms with van der Waals surface area (Å²) in [6.45, 7) is 0.744. The number of ether oxygens (including phenoxy) is 2. The summed E-state index contributed by atoms with van der Waals surface area (Å²) in [5.74, 6) is -0.445. The standard InChI is InChI=1S/C12H17NO3/c1-15-12(14)11(13)9-16-8-7-10-5-3-2-4-6-10/h2-6,11H,7-9,13H2,1H3. The van der Waals surface area contributed by atoms with Gasteiger partial charge in [0.25, 0.3) is 0 Å². The van der Waals surface area contributed by atoms with Gasteiger partial charge in [0.15, 0.2) is 0 Å². The van der Waals surface area contributed by atoms with Crippen LogP contribution in [0.15, 0.2) is 30.3 Å². The predicted molar refractivity (Wildman–Crippen MR) is 61.0 cm³/mol. The van der Waals surface area contributed by atoms with Crippen LogP contribution in [0.25, 0.3) is 0 Å². The molecule has 1 aromatic carbocycles. The summed E-state index contributed by atoms with van der Waals surface area (Å²) in [4.78, 5) is 10.9. The maximum atomic E-state index is 10.9. The fraction of sp³-hybridized carbons (Fsp3) is 0.417. The second-order valence-electron chi connectivity index (χ2n) is 3.44. The highest BCUT2D eigenvalue weighted by Gasteiger charge is 2.12. The van der Waals surface area contributed by atoms with Gasteiger partial charge in [-0.2, -0.15) is 0 Å². The second-order valence-corrected chi connectivity index (χ2v) is 3.44. The first kappa shape index (κ1) is 12.7. The zero-order valence-corrected chi connectivity index (χ0v) is 9.39. The van der Waals surface area contributed by atoms with Gasteiger partial charge in [-0.25, -0.2) is 0 Å². The van der Waals surface area contributed by atoms with Crippen molar-refractivity contribution in [3.8, 4) is 0 Å². The minimum Gasteiger partial charge on any atom is -0.468 e. The van der Waals surface area contributed by atoms with E-state index in [0.29, 0.717) is 6.61 Å². The molecule has 0 aliphatic heterocycles. The molecule has 0 amide bonds. The molecule has 2 N–H and O–H groups in total. The molecular formula is C12H17NO3. The largest absolute Gasteiger partial charge is 0.468 e. The summed E-state index contributed by atoms with van der Waals surface area (Å²) in [5.41, 5.74) is 6.71. The van der Waals surface area contributed by atoms with Crippen molar-refractivity contribution in [2.75, 3.05) is 20.3 Å². The van der Waals surface area contributed by atoms with Gasteiger partial charge in [0.2, 0.25) is 0 Å². The lowest BCUT2D eigenvalue weighted by molar-refractivity contribution is -0.143. The molecule has 1 unspecified atom stereocenters. The molecule has 0 aliphatic rings. The molecule has 0 spiro atoms. The topological polar surface area (TPSA) is 61.5 Å². The third-order valence-electron chi connectivity index (χ3n) is 2.18. The zero-order valence-electron chi connectivity index (χ0n) is 9.39. The van der Waals surface area contributed by atoms with Crippen LogP contribution in [0.5, 0.6) is 0 Å². The first-order valence-corrected chi connectivity index (χ1v) is 5.19. The van der Waals surface area contributed by atoms with E-state index in [4.69, 9.17) is 10.5 Å². The molecule has 0 saturated carbocycles. The molecule has 1 rings (SSSR count). The van der Waals surface area contributed by atoms with Crippen LogP contribution in [0.4, 0.5) is 0 Å². The van der Waals surface area contributed by atoms with E-state index in [0.717, 1.165) is 6.42 Å². The van der Waals surface area contributed by atoms with E-state index >= 15 is 0 Å². The molecule has 4 nitrogen and oxygen atoms in total. The van der Waals surface area contributed by atoms with Crippen molar-refractivity contribution in [2.24, 2.45) is 5.73 Å². The monoisotopic (exact) mass is 223 g/mol. The van der Waals surface area contributed by atoms with Gasteiger partial charge in [-0.15, -0.1) is 0 Å². The van der Waals surface area contributed by atoms with Crippen LogP contribution in [0.1, 0.15) is 5.56 Å². The summed E-state index contributed by atoms with van der Waals surface area (Å²) in [7, 11) is 1.31. The van der Waals surface area contributed by atoms with Gasteiger partial charge in [-0.1, -0.05) is 30.3 Å². The van der Waals surface area contributed by atoms with E-state index in [-0.39, 0.29) is 6.61 Å². The molecule has 16 heavy (non-hydrogen) atoms. The number of methoxy groups -OCH3 is 1. The van der Waals surface area contributed by atoms with Crippen molar-refractivity contribution in [3.63, 3.8) is 0 Å². The van der Waals surface area contributed by atoms with Gasteiger partial charge in [0, 0.05) is 0 Å². The lowest BCUT2D eigenvalue weighted by Crippen LogP contribution is -2.36. The van der Waals surface area contributed by atoms with Crippen LogP contribution in [-0.4, -0.2) is 32.3 Å². The number of esters is 1. The van der Waals surface area contributed by atoms with E-state index < -0.39 is 12.0 Å². The van der Waals surface area contributed by atoms with E-state index in [1.807, 2.05) is 30.3 Å². The fourth-order valence-electron chi connectivity index (χ4n) is 1.26. The SMILES string of the molecule is COC(=O)C(N)COCCc1ccccc1. The van der Waals surface area contributed by atoms with Gasteiger partial charge in [0.1, 0.15) is 6.04 Å². The Balaban J connectivity index is 2.15. The number of benzene rings is 1. The molecule has 0 bridgehead atoms. The lowest BCUT2D eigenvalue weighted by Gasteiger charge is -2.09.